The molecule has 0 aliphatic rings. The number of hydrogen-bond donors (Lipinski definition) is 0. The van der Waals surface area contributed by atoms with E-state index in [9.17, 15) is 4.39 Å². The molecule has 0 N–H and O–H groups in total. The lowest BCUT2D eigenvalue weighted by molar-refractivity contribution is 0.483. The largest absolute Gasteiger partial charge is 0.457 e. The molecule has 3 aromatic heterocycles. The van der Waals surface area contributed by atoms with Gasteiger partial charge in [-0.15, -0.1) is 0 Å². The molecule has 7 nitrogen and oxygen atoms in total. The van der Waals surface area contributed by atoms with Crippen LogP contribution >= 0.6 is 0 Å². The van der Waals surface area contributed by atoms with Gasteiger partial charge in [-0.05, 0) is 61.0 Å². The van der Waals surface area contributed by atoms with Gasteiger partial charge in [-0.25, -0.2) is 14.1 Å². The van der Waals surface area contributed by atoms with E-state index in [0.717, 1.165) is 50.0 Å². The summed E-state index contributed by atoms with van der Waals surface area (Å²) < 4.78 is 24.5. The van der Waals surface area contributed by atoms with E-state index in [1.54, 1.807) is 0 Å². The van der Waals surface area contributed by atoms with Crippen LogP contribution in [0.5, 0.6) is 11.5 Å². The minimum Gasteiger partial charge on any atom is -0.457 e. The maximum Gasteiger partial charge on any atom is 0.140 e. The topological polar surface area (TPSA) is 51.4 Å². The van der Waals surface area contributed by atoms with E-state index in [1.807, 2.05) is 76.1 Å². The number of halogens is 1. The Labute approximate surface area is 261 Å². The average molecular weight is 597 g/mol. The van der Waals surface area contributed by atoms with Crippen LogP contribution in [0.1, 0.15) is 5.56 Å². The molecule has 0 bridgehead atoms. The zero-order chi connectivity index (χ0) is 31.2. The highest BCUT2D eigenvalue weighted by Crippen LogP contribution is 2.40. The minimum atomic E-state index is -0.338. The standard InChI is InChI=1S/C37H33FN6O/c1-24-17-34(41(2)3)37(35(18-24)42(4)5)25-22-40-43(23-25)27-9-8-10-28(20-27)45-29-13-14-31-30-11-6-7-12-32(30)44(33(31)21-29)36-19-26(38)15-16-39-36/h6-23H,1-5H3. The second-order valence-electron chi connectivity index (χ2n) is 11.6. The molecular formula is C37H33FN6O. The van der Waals surface area contributed by atoms with E-state index < -0.39 is 0 Å². The van der Waals surface area contributed by atoms with Crippen LogP contribution in [0.15, 0.2) is 110 Å². The highest BCUT2D eigenvalue weighted by atomic mass is 19.1. The molecule has 0 aliphatic heterocycles. The monoisotopic (exact) mass is 596 g/mol. The number of aromatic nitrogens is 4. The van der Waals surface area contributed by atoms with Crippen molar-refractivity contribution in [1.82, 2.24) is 19.3 Å². The Kier molecular flexibility index (Phi) is 6.97. The molecule has 45 heavy (non-hydrogen) atoms. The number of para-hydroxylation sites is 1. The fraction of sp³-hybridized carbons (Fsp3) is 0.135. The third kappa shape index (κ3) is 5.14. The van der Waals surface area contributed by atoms with Crippen molar-refractivity contribution in [1.29, 1.82) is 0 Å². The summed E-state index contributed by atoms with van der Waals surface area (Å²) in [4.78, 5) is 8.75. The molecule has 0 saturated carbocycles. The van der Waals surface area contributed by atoms with Crippen molar-refractivity contribution in [3.8, 4) is 34.1 Å². The first kappa shape index (κ1) is 28.2. The number of aryl methyl sites for hydroxylation is 1. The van der Waals surface area contributed by atoms with Crippen molar-refractivity contribution in [2.24, 2.45) is 0 Å². The second-order valence-corrected chi connectivity index (χ2v) is 11.6. The molecule has 8 heteroatoms. The Morgan fingerprint density at radius 3 is 2.22 bits per heavy atom. The fourth-order valence-electron chi connectivity index (χ4n) is 5.94. The molecule has 0 aliphatic carbocycles. The van der Waals surface area contributed by atoms with Crippen LogP contribution in [0, 0.1) is 12.7 Å². The number of nitrogens with zero attached hydrogens (tertiary/aromatic N) is 6. The predicted molar refractivity (Wildman–Crippen MR) is 181 cm³/mol. The van der Waals surface area contributed by atoms with Gasteiger partial charge < -0.3 is 14.5 Å². The molecule has 0 atom stereocenters. The Hall–Kier alpha value is -5.63. The van der Waals surface area contributed by atoms with Crippen molar-refractivity contribution in [3.05, 3.63) is 121 Å². The third-order valence-corrected chi connectivity index (χ3v) is 7.98. The van der Waals surface area contributed by atoms with E-state index in [-0.39, 0.29) is 5.82 Å². The summed E-state index contributed by atoms with van der Waals surface area (Å²) in [5, 5.41) is 6.83. The first-order chi connectivity index (χ1) is 21.8. The van der Waals surface area contributed by atoms with Crippen LogP contribution in [0.3, 0.4) is 0 Å². The van der Waals surface area contributed by atoms with Gasteiger partial charge in [-0.3, -0.25) is 4.57 Å². The van der Waals surface area contributed by atoms with Gasteiger partial charge in [0.1, 0.15) is 23.1 Å². The predicted octanol–water partition coefficient (Wildman–Crippen LogP) is 8.40. The molecule has 0 unspecified atom stereocenters. The lowest BCUT2D eigenvalue weighted by atomic mass is 10.0. The third-order valence-electron chi connectivity index (χ3n) is 7.98. The lowest BCUT2D eigenvalue weighted by Gasteiger charge is -2.24. The van der Waals surface area contributed by atoms with Crippen molar-refractivity contribution < 1.29 is 9.13 Å². The maximum absolute atomic E-state index is 14.2. The van der Waals surface area contributed by atoms with Gasteiger partial charge in [0, 0.05) is 92.1 Å². The van der Waals surface area contributed by atoms with Gasteiger partial charge in [0.05, 0.1) is 22.9 Å². The van der Waals surface area contributed by atoms with Gasteiger partial charge in [0.15, 0.2) is 0 Å². The molecule has 3 heterocycles. The molecule has 0 radical (unpaired) electrons. The van der Waals surface area contributed by atoms with Crippen molar-refractivity contribution >= 4 is 33.2 Å². The molecule has 224 valence electrons. The van der Waals surface area contributed by atoms with Crippen LogP contribution in [-0.2, 0) is 0 Å². The molecule has 7 aromatic rings. The van der Waals surface area contributed by atoms with Crippen LogP contribution in [-0.4, -0.2) is 47.5 Å². The van der Waals surface area contributed by atoms with Crippen LogP contribution in [0.4, 0.5) is 15.8 Å². The molecule has 0 saturated heterocycles. The van der Waals surface area contributed by atoms with E-state index >= 15 is 0 Å². The summed E-state index contributed by atoms with van der Waals surface area (Å²) in [5.41, 5.74) is 8.34. The highest BCUT2D eigenvalue weighted by Gasteiger charge is 2.18. The quantitative estimate of drug-likeness (QED) is 0.185. The number of rotatable bonds is 7. The highest BCUT2D eigenvalue weighted by molar-refractivity contribution is 6.09. The number of fused-ring (bicyclic) bond motifs is 3. The first-order valence-electron chi connectivity index (χ1n) is 14.7. The van der Waals surface area contributed by atoms with E-state index in [0.29, 0.717) is 17.3 Å². The average Bonchev–Trinajstić information content (AvgIpc) is 3.64. The molecule has 4 aromatic carbocycles. The summed E-state index contributed by atoms with van der Waals surface area (Å²) in [6, 6.07) is 29.1. The number of ether oxygens (including phenoxy) is 1. The molecular weight excluding hydrogens is 563 g/mol. The summed E-state index contributed by atoms with van der Waals surface area (Å²) in [7, 11) is 8.26. The zero-order valence-corrected chi connectivity index (χ0v) is 25.9. The molecule has 0 spiro atoms. The lowest BCUT2D eigenvalue weighted by Crippen LogP contribution is -2.15. The second kappa shape index (κ2) is 11.1. The Morgan fingerprint density at radius 1 is 0.733 bits per heavy atom. The Balaban J connectivity index is 1.25. The fourth-order valence-corrected chi connectivity index (χ4v) is 5.94. The molecule has 7 rings (SSSR count). The van der Waals surface area contributed by atoms with Crippen LogP contribution in [0.2, 0.25) is 0 Å². The minimum absolute atomic E-state index is 0.338. The number of benzene rings is 4. The van der Waals surface area contributed by atoms with E-state index in [4.69, 9.17) is 9.84 Å². The van der Waals surface area contributed by atoms with Gasteiger partial charge in [-0.1, -0.05) is 24.3 Å². The number of anilines is 2. The summed E-state index contributed by atoms with van der Waals surface area (Å²) >= 11 is 0. The Morgan fingerprint density at radius 2 is 1.47 bits per heavy atom. The van der Waals surface area contributed by atoms with E-state index in [1.165, 1.54) is 23.9 Å². The van der Waals surface area contributed by atoms with Gasteiger partial charge in [0.2, 0.25) is 0 Å². The zero-order valence-electron chi connectivity index (χ0n) is 25.9. The smallest absolute Gasteiger partial charge is 0.140 e. The van der Waals surface area contributed by atoms with Crippen LogP contribution in [0.25, 0.3) is 44.4 Å². The summed E-state index contributed by atoms with van der Waals surface area (Å²) in [6.45, 7) is 2.12. The first-order valence-corrected chi connectivity index (χ1v) is 14.7. The summed E-state index contributed by atoms with van der Waals surface area (Å²) in [5.74, 6) is 1.51. The maximum atomic E-state index is 14.2. The summed E-state index contributed by atoms with van der Waals surface area (Å²) in [6.07, 6.45) is 5.45. The van der Waals surface area contributed by atoms with Crippen molar-refractivity contribution in [2.75, 3.05) is 38.0 Å². The molecule has 0 amide bonds. The normalized spacial score (nSPS) is 11.3. The van der Waals surface area contributed by atoms with Crippen LogP contribution < -0.4 is 14.5 Å². The van der Waals surface area contributed by atoms with Crippen molar-refractivity contribution in [2.45, 2.75) is 6.92 Å². The van der Waals surface area contributed by atoms with Gasteiger partial charge in [0.25, 0.3) is 0 Å². The van der Waals surface area contributed by atoms with E-state index in [2.05, 4.69) is 74.3 Å². The van der Waals surface area contributed by atoms with Crippen molar-refractivity contribution in [3.63, 3.8) is 0 Å². The molecule has 0 fully saturated rings. The number of pyridine rings is 1. The SMILES string of the molecule is Cc1cc(N(C)C)c(-c2cnn(-c3cccc(Oc4ccc5c6ccccc6n(-c6cc(F)ccn6)c5c4)c3)c2)c(N(C)C)c1. The Bertz CT molecular complexity index is 2170. The van der Waals surface area contributed by atoms with Gasteiger partial charge in [-0.2, -0.15) is 5.10 Å². The van der Waals surface area contributed by atoms with Gasteiger partial charge >= 0.3 is 0 Å². The number of hydrogen-bond acceptors (Lipinski definition) is 5.